The number of piperidine rings is 1. The van der Waals surface area contributed by atoms with E-state index in [-0.39, 0.29) is 22.9 Å². The van der Waals surface area contributed by atoms with Crippen LogP contribution < -0.4 is 4.72 Å². The van der Waals surface area contributed by atoms with Crippen molar-refractivity contribution < 1.29 is 62.4 Å². The van der Waals surface area contributed by atoms with Gasteiger partial charge in [-0.05, 0) is 26.8 Å². The standard InChI is InChI=1S/C28H28F8N4O6S2/c1-13(28(34,35)36)39-48(43,44)17-6-5-15(18(19(17)29)22(30)31)21-20(24(41)40-9-7-27(32,33)8-10-40)37-23(47-21)16-11-14(46-38-16)12-26(2,3)25(42)45-4/h5-6,11,13,22,39H,7-10,12H2,1-4H3/t13-/m0/s1. The van der Waals surface area contributed by atoms with E-state index < -0.39 is 110 Å². The largest absolute Gasteiger partial charge is 0.469 e. The number of hydrogen-bond donors (Lipinski definition) is 1. The Morgan fingerprint density at radius 2 is 1.79 bits per heavy atom. The van der Waals surface area contributed by atoms with Crippen LogP contribution in [0.3, 0.4) is 0 Å². The SMILES string of the molecule is COC(=O)C(C)(C)Cc1cc(-c2nc(C(=O)N3CCC(F)(F)CC3)c(-c3ccc(S(=O)(=O)N[C@@H](C)C(F)(F)F)c(F)c3C(F)F)s2)no1. The predicted octanol–water partition coefficient (Wildman–Crippen LogP) is 6.38. The van der Waals surface area contributed by atoms with Crippen molar-refractivity contribution in [1.29, 1.82) is 0 Å². The van der Waals surface area contributed by atoms with E-state index in [0.717, 1.165) is 4.90 Å². The summed E-state index contributed by atoms with van der Waals surface area (Å²) >= 11 is 0.533. The summed E-state index contributed by atoms with van der Waals surface area (Å²) in [5.41, 5.74) is -4.00. The van der Waals surface area contributed by atoms with Crippen molar-refractivity contribution in [3.63, 3.8) is 0 Å². The maximum Gasteiger partial charge on any atom is 0.404 e. The average molecular weight is 733 g/mol. The predicted molar refractivity (Wildman–Crippen MR) is 153 cm³/mol. The van der Waals surface area contributed by atoms with Crippen molar-refractivity contribution >= 4 is 33.2 Å². The van der Waals surface area contributed by atoms with Crippen molar-refractivity contribution in [3.8, 4) is 21.1 Å². The van der Waals surface area contributed by atoms with E-state index in [1.165, 1.54) is 17.9 Å². The number of amides is 1. The number of alkyl halides is 7. The molecule has 0 spiro atoms. The fourth-order valence-electron chi connectivity index (χ4n) is 4.78. The van der Waals surface area contributed by atoms with Crippen LogP contribution in [0.15, 0.2) is 27.6 Å². The number of sulfonamides is 1. The molecule has 264 valence electrons. The van der Waals surface area contributed by atoms with Gasteiger partial charge in [0, 0.05) is 44.0 Å². The minimum atomic E-state index is -5.33. The summed E-state index contributed by atoms with van der Waals surface area (Å²) in [4.78, 5) is 29.0. The van der Waals surface area contributed by atoms with Gasteiger partial charge < -0.3 is 14.2 Å². The molecule has 1 aliphatic heterocycles. The monoisotopic (exact) mass is 732 g/mol. The molecule has 0 bridgehead atoms. The van der Waals surface area contributed by atoms with Gasteiger partial charge in [0.25, 0.3) is 18.3 Å². The number of hydrogen-bond acceptors (Lipinski definition) is 9. The van der Waals surface area contributed by atoms with Gasteiger partial charge >= 0.3 is 12.1 Å². The number of thiazole rings is 1. The molecule has 1 saturated heterocycles. The molecule has 20 heteroatoms. The minimum absolute atomic E-state index is 0.0175. The van der Waals surface area contributed by atoms with Crippen LogP contribution in [0, 0.1) is 11.2 Å². The third-order valence-electron chi connectivity index (χ3n) is 7.46. The second-order valence-corrected chi connectivity index (χ2v) is 14.3. The van der Waals surface area contributed by atoms with Crippen molar-refractivity contribution in [1.82, 2.24) is 19.8 Å². The van der Waals surface area contributed by atoms with Crippen molar-refractivity contribution in [2.75, 3.05) is 20.2 Å². The minimum Gasteiger partial charge on any atom is -0.469 e. The lowest BCUT2D eigenvalue weighted by Crippen LogP contribution is -2.43. The molecule has 10 nitrogen and oxygen atoms in total. The highest BCUT2D eigenvalue weighted by molar-refractivity contribution is 7.89. The summed E-state index contributed by atoms with van der Waals surface area (Å²) in [6, 6.07) is -0.225. The van der Waals surface area contributed by atoms with Crippen LogP contribution in [0.4, 0.5) is 35.1 Å². The molecular formula is C28H28F8N4O6S2. The van der Waals surface area contributed by atoms with Crippen molar-refractivity contribution in [3.05, 3.63) is 41.0 Å². The maximum atomic E-state index is 15.6. The van der Waals surface area contributed by atoms with Crippen molar-refractivity contribution in [2.24, 2.45) is 5.41 Å². The van der Waals surface area contributed by atoms with Gasteiger partial charge in [-0.1, -0.05) is 11.2 Å². The lowest BCUT2D eigenvalue weighted by molar-refractivity contribution is -0.151. The number of esters is 1. The van der Waals surface area contributed by atoms with E-state index in [2.05, 4.69) is 10.1 Å². The number of likely N-dealkylation sites (tertiary alicyclic amines) is 1. The summed E-state index contributed by atoms with van der Waals surface area (Å²) in [6.45, 7) is 2.67. The van der Waals surface area contributed by atoms with Crippen LogP contribution >= 0.6 is 11.3 Å². The molecule has 2 aromatic heterocycles. The highest BCUT2D eigenvalue weighted by atomic mass is 32.2. The number of nitrogens with zero attached hydrogens (tertiary/aromatic N) is 3. The highest BCUT2D eigenvalue weighted by Crippen LogP contribution is 2.43. The highest BCUT2D eigenvalue weighted by Gasteiger charge is 2.41. The Balaban J connectivity index is 1.84. The molecule has 4 rings (SSSR count). The normalized spacial score (nSPS) is 16.3. The number of halogens is 8. The van der Waals surface area contributed by atoms with Crippen LogP contribution in [0.1, 0.15) is 61.9 Å². The molecule has 0 aliphatic carbocycles. The first-order chi connectivity index (χ1) is 22.1. The van der Waals surface area contributed by atoms with Gasteiger partial charge in [-0.25, -0.2) is 35.4 Å². The summed E-state index contributed by atoms with van der Waals surface area (Å²) in [5.74, 6) is -6.56. The number of nitrogens with one attached hydrogen (secondary N) is 1. The molecule has 1 fully saturated rings. The molecule has 0 saturated carbocycles. The molecule has 1 atom stereocenters. The molecule has 0 unspecified atom stereocenters. The Bertz CT molecular complexity index is 1800. The second-order valence-electron chi connectivity index (χ2n) is 11.6. The first-order valence-corrected chi connectivity index (χ1v) is 16.3. The topological polar surface area (TPSA) is 132 Å². The summed E-state index contributed by atoms with van der Waals surface area (Å²) in [5, 5.41) is 3.72. The maximum absolute atomic E-state index is 15.6. The Hall–Kier alpha value is -3.65. The number of ether oxygens (including phenoxy) is 1. The van der Waals surface area contributed by atoms with Crippen LogP contribution in [-0.2, 0) is 26.0 Å². The first kappa shape index (κ1) is 37.2. The van der Waals surface area contributed by atoms with E-state index in [4.69, 9.17) is 9.26 Å². The Morgan fingerprint density at radius 1 is 1.17 bits per heavy atom. The molecular weight excluding hydrogens is 704 g/mol. The van der Waals surface area contributed by atoms with Crippen LogP contribution in [0.5, 0.6) is 0 Å². The number of rotatable bonds is 10. The fourth-order valence-corrected chi connectivity index (χ4v) is 7.15. The van der Waals surface area contributed by atoms with Crippen LogP contribution in [-0.4, -0.2) is 73.7 Å². The van der Waals surface area contributed by atoms with Crippen molar-refractivity contribution in [2.45, 2.75) is 69.5 Å². The van der Waals surface area contributed by atoms with Gasteiger partial charge in [0.15, 0.2) is 5.82 Å². The van der Waals surface area contributed by atoms with Gasteiger partial charge in [-0.2, -0.15) is 17.9 Å². The van der Waals surface area contributed by atoms with Gasteiger partial charge in [0.1, 0.15) is 33.1 Å². The Kier molecular flexibility index (Phi) is 10.3. The number of benzene rings is 1. The zero-order chi connectivity index (χ0) is 36.0. The van der Waals surface area contributed by atoms with E-state index in [1.807, 2.05) is 0 Å². The van der Waals surface area contributed by atoms with E-state index >= 15 is 4.39 Å². The number of carbonyl (C=O) groups excluding carboxylic acids is 2. The molecule has 1 aliphatic rings. The lowest BCUT2D eigenvalue weighted by Gasteiger charge is -2.31. The number of methoxy groups -OCH3 is 1. The van der Waals surface area contributed by atoms with Crippen LogP contribution in [0.2, 0.25) is 0 Å². The Morgan fingerprint density at radius 3 is 2.35 bits per heavy atom. The lowest BCUT2D eigenvalue weighted by atomic mass is 9.88. The van der Waals surface area contributed by atoms with E-state index in [9.17, 15) is 48.7 Å². The summed E-state index contributed by atoms with van der Waals surface area (Å²) in [6.07, 6.45) is -10.3. The molecule has 3 aromatic rings. The number of aromatic nitrogens is 2. The molecule has 0 radical (unpaired) electrons. The quantitative estimate of drug-likeness (QED) is 0.188. The van der Waals surface area contributed by atoms with Gasteiger partial charge in [-0.15, -0.1) is 11.3 Å². The first-order valence-electron chi connectivity index (χ1n) is 14.0. The smallest absolute Gasteiger partial charge is 0.404 e. The fraction of sp³-hybridized carbons (Fsp3) is 0.500. The molecule has 1 amide bonds. The number of carbonyl (C=O) groups is 2. The zero-order valence-corrected chi connectivity index (χ0v) is 27.2. The Labute approximate surface area is 272 Å². The van der Waals surface area contributed by atoms with E-state index in [0.29, 0.717) is 30.4 Å². The van der Waals surface area contributed by atoms with Gasteiger partial charge in [0.2, 0.25) is 10.0 Å². The molecule has 3 heterocycles. The third kappa shape index (κ3) is 7.80. The third-order valence-corrected chi connectivity index (χ3v) is 10.1. The molecule has 48 heavy (non-hydrogen) atoms. The second kappa shape index (κ2) is 13.3. The molecule has 1 aromatic carbocycles. The van der Waals surface area contributed by atoms with E-state index in [1.54, 1.807) is 13.8 Å². The van der Waals surface area contributed by atoms with Crippen LogP contribution in [0.25, 0.3) is 21.1 Å². The molecule has 1 N–H and O–H groups in total. The van der Waals surface area contributed by atoms with Gasteiger partial charge in [0.05, 0.1) is 23.0 Å². The zero-order valence-electron chi connectivity index (χ0n) is 25.6. The van der Waals surface area contributed by atoms with Gasteiger partial charge in [-0.3, -0.25) is 9.59 Å². The summed E-state index contributed by atoms with van der Waals surface area (Å²) in [7, 11) is -4.15. The average Bonchev–Trinajstić information content (AvgIpc) is 3.62. The summed E-state index contributed by atoms with van der Waals surface area (Å²) < 4.78 is 148.